The maximum absolute atomic E-state index is 13.0. The van der Waals surface area contributed by atoms with Crippen LogP contribution >= 0.6 is 11.3 Å². The molecule has 1 fully saturated rings. The number of aromatic nitrogens is 3. The molecular formula is C26H29N5O3S. The summed E-state index contributed by atoms with van der Waals surface area (Å²) in [5, 5.41) is 8.74. The second-order valence-corrected chi connectivity index (χ2v) is 9.64. The topological polar surface area (TPSA) is 81.5 Å². The van der Waals surface area contributed by atoms with E-state index < -0.39 is 0 Å². The Morgan fingerprint density at radius 3 is 2.71 bits per heavy atom. The minimum atomic E-state index is -0.0790. The number of carbonyl (C=O) groups excluding carboxylic acids is 1. The van der Waals surface area contributed by atoms with Crippen LogP contribution in [-0.2, 0) is 11.3 Å². The van der Waals surface area contributed by atoms with Crippen molar-refractivity contribution in [3.63, 3.8) is 0 Å². The molecule has 0 radical (unpaired) electrons. The molecule has 1 unspecified atom stereocenters. The molecule has 1 N–H and O–H groups in total. The molecule has 182 valence electrons. The Hall–Kier alpha value is -3.59. The lowest BCUT2D eigenvalue weighted by Gasteiger charge is -2.31. The minimum absolute atomic E-state index is 0.0716. The van der Waals surface area contributed by atoms with E-state index in [4.69, 9.17) is 19.6 Å². The van der Waals surface area contributed by atoms with Gasteiger partial charge in [-0.3, -0.25) is 4.79 Å². The summed E-state index contributed by atoms with van der Waals surface area (Å²) in [6.45, 7) is 4.01. The fourth-order valence-corrected chi connectivity index (χ4v) is 5.52. The molecule has 8 nitrogen and oxygen atoms in total. The number of ether oxygens (including phenoxy) is 2. The average molecular weight is 492 g/mol. The highest BCUT2D eigenvalue weighted by Gasteiger charge is 2.28. The van der Waals surface area contributed by atoms with Crippen LogP contribution in [0.1, 0.15) is 24.1 Å². The summed E-state index contributed by atoms with van der Waals surface area (Å²) in [7, 11) is 3.30. The molecule has 2 aromatic heterocycles. The van der Waals surface area contributed by atoms with Gasteiger partial charge in [-0.15, -0.1) is 0 Å². The maximum atomic E-state index is 13.0. The Bertz CT molecular complexity index is 1330. The van der Waals surface area contributed by atoms with Crippen LogP contribution in [0.2, 0.25) is 0 Å². The third-order valence-electron chi connectivity index (χ3n) is 6.40. The average Bonchev–Trinajstić information content (AvgIpc) is 3.48. The number of methoxy groups -OCH3 is 2. The predicted molar refractivity (Wildman–Crippen MR) is 138 cm³/mol. The SMILES string of the molecule is COc1ccc(-n2nc(C)c3sc(N4CCCC(C(=O)NCc5ccccc5OC)C4)nc32)cc1. The second-order valence-electron chi connectivity index (χ2n) is 8.66. The number of nitrogens with zero attached hydrogens (tertiary/aromatic N) is 4. The lowest BCUT2D eigenvalue weighted by Crippen LogP contribution is -2.43. The third kappa shape index (κ3) is 4.68. The van der Waals surface area contributed by atoms with Gasteiger partial charge in [0.1, 0.15) is 11.5 Å². The summed E-state index contributed by atoms with van der Waals surface area (Å²) in [6.07, 6.45) is 1.82. The highest BCUT2D eigenvalue weighted by Crippen LogP contribution is 2.34. The van der Waals surface area contributed by atoms with Gasteiger partial charge < -0.3 is 19.7 Å². The summed E-state index contributed by atoms with van der Waals surface area (Å²) in [5.41, 5.74) is 3.70. The van der Waals surface area contributed by atoms with Crippen molar-refractivity contribution in [2.45, 2.75) is 26.3 Å². The number of carbonyl (C=O) groups is 1. The van der Waals surface area contributed by atoms with Crippen LogP contribution in [0.25, 0.3) is 16.0 Å². The van der Waals surface area contributed by atoms with E-state index in [1.807, 2.05) is 60.1 Å². The largest absolute Gasteiger partial charge is 0.497 e. The van der Waals surface area contributed by atoms with Crippen LogP contribution in [0.15, 0.2) is 48.5 Å². The van der Waals surface area contributed by atoms with Gasteiger partial charge in [-0.1, -0.05) is 29.5 Å². The Balaban J connectivity index is 1.31. The molecule has 9 heteroatoms. The van der Waals surface area contributed by atoms with Crippen molar-refractivity contribution in [2.75, 3.05) is 32.2 Å². The van der Waals surface area contributed by atoms with Crippen LogP contribution in [0.4, 0.5) is 5.13 Å². The number of piperidine rings is 1. The van der Waals surface area contributed by atoms with E-state index in [1.165, 1.54) is 0 Å². The fourth-order valence-electron chi connectivity index (χ4n) is 4.50. The molecular weight excluding hydrogens is 462 g/mol. The predicted octanol–water partition coefficient (Wildman–Crippen LogP) is 4.34. The number of hydrogen-bond donors (Lipinski definition) is 1. The van der Waals surface area contributed by atoms with Crippen molar-refractivity contribution >= 4 is 32.7 Å². The Morgan fingerprint density at radius 2 is 1.94 bits per heavy atom. The lowest BCUT2D eigenvalue weighted by molar-refractivity contribution is -0.125. The molecule has 0 aliphatic carbocycles. The molecule has 1 aliphatic heterocycles. The molecule has 5 rings (SSSR count). The highest BCUT2D eigenvalue weighted by atomic mass is 32.1. The van der Waals surface area contributed by atoms with Crippen molar-refractivity contribution in [1.82, 2.24) is 20.1 Å². The maximum Gasteiger partial charge on any atom is 0.225 e. The van der Waals surface area contributed by atoms with Crippen LogP contribution < -0.4 is 19.7 Å². The molecule has 1 amide bonds. The number of hydrogen-bond acceptors (Lipinski definition) is 7. The molecule has 2 aromatic carbocycles. The summed E-state index contributed by atoms with van der Waals surface area (Å²) in [4.78, 5) is 20.2. The zero-order valence-electron chi connectivity index (χ0n) is 20.2. The second kappa shape index (κ2) is 9.95. The summed E-state index contributed by atoms with van der Waals surface area (Å²) >= 11 is 1.64. The van der Waals surface area contributed by atoms with Gasteiger partial charge in [0.15, 0.2) is 10.8 Å². The molecule has 0 saturated carbocycles. The zero-order chi connectivity index (χ0) is 24.4. The van der Waals surface area contributed by atoms with Crippen molar-refractivity contribution in [3.05, 3.63) is 59.8 Å². The zero-order valence-corrected chi connectivity index (χ0v) is 21.0. The van der Waals surface area contributed by atoms with E-state index in [-0.39, 0.29) is 11.8 Å². The number of rotatable bonds is 7. The standard InChI is InChI=1S/C26H29N5O3S/c1-17-23-24(31(29-17)20-10-12-21(33-2)13-11-20)28-26(35-23)30-14-6-8-19(16-30)25(32)27-15-18-7-4-5-9-22(18)34-3/h4-5,7,9-13,19H,6,8,14-16H2,1-3H3,(H,27,32). The van der Waals surface area contributed by atoms with Gasteiger partial charge in [0.05, 0.1) is 36.2 Å². The molecule has 0 bridgehead atoms. The van der Waals surface area contributed by atoms with E-state index in [1.54, 1.807) is 25.6 Å². The van der Waals surface area contributed by atoms with Gasteiger partial charge in [0.2, 0.25) is 5.91 Å². The normalized spacial score (nSPS) is 15.9. The Labute approximate surface area is 208 Å². The van der Waals surface area contributed by atoms with Crippen molar-refractivity contribution in [1.29, 1.82) is 0 Å². The number of thiazole rings is 1. The molecule has 35 heavy (non-hydrogen) atoms. The number of anilines is 1. The summed E-state index contributed by atoms with van der Waals surface area (Å²) in [5.74, 6) is 1.58. The summed E-state index contributed by atoms with van der Waals surface area (Å²) in [6, 6.07) is 15.6. The van der Waals surface area contributed by atoms with Gasteiger partial charge in [0.25, 0.3) is 0 Å². The number of aryl methyl sites for hydroxylation is 1. The van der Waals surface area contributed by atoms with Crippen LogP contribution in [0, 0.1) is 12.8 Å². The van der Waals surface area contributed by atoms with E-state index >= 15 is 0 Å². The molecule has 1 atom stereocenters. The summed E-state index contributed by atoms with van der Waals surface area (Å²) < 4.78 is 13.6. The van der Waals surface area contributed by atoms with Gasteiger partial charge >= 0.3 is 0 Å². The minimum Gasteiger partial charge on any atom is -0.497 e. The first-order valence-electron chi connectivity index (χ1n) is 11.7. The number of nitrogens with one attached hydrogen (secondary N) is 1. The number of amides is 1. The Kier molecular flexibility index (Phi) is 6.59. The van der Waals surface area contributed by atoms with E-state index in [9.17, 15) is 4.79 Å². The van der Waals surface area contributed by atoms with E-state index in [0.29, 0.717) is 13.1 Å². The first-order valence-corrected chi connectivity index (χ1v) is 12.5. The van der Waals surface area contributed by atoms with Crippen molar-refractivity contribution in [2.24, 2.45) is 5.92 Å². The lowest BCUT2D eigenvalue weighted by atomic mass is 9.97. The molecule has 1 saturated heterocycles. The van der Waals surface area contributed by atoms with Crippen LogP contribution in [-0.4, -0.2) is 48.0 Å². The molecule has 4 aromatic rings. The Morgan fingerprint density at radius 1 is 1.14 bits per heavy atom. The van der Waals surface area contributed by atoms with E-state index in [0.717, 1.165) is 63.3 Å². The van der Waals surface area contributed by atoms with E-state index in [2.05, 4.69) is 10.2 Å². The fraction of sp³-hybridized carbons (Fsp3) is 0.346. The third-order valence-corrected chi connectivity index (χ3v) is 7.62. The number of benzene rings is 2. The van der Waals surface area contributed by atoms with Crippen LogP contribution in [0.5, 0.6) is 11.5 Å². The monoisotopic (exact) mass is 491 g/mol. The van der Waals surface area contributed by atoms with Gasteiger partial charge in [-0.25, -0.2) is 4.68 Å². The first-order chi connectivity index (χ1) is 17.1. The molecule has 0 spiro atoms. The van der Waals surface area contributed by atoms with Crippen molar-refractivity contribution < 1.29 is 14.3 Å². The molecule has 1 aliphatic rings. The molecule has 3 heterocycles. The van der Waals surface area contributed by atoms with Crippen LogP contribution in [0.3, 0.4) is 0 Å². The number of para-hydroxylation sites is 1. The van der Waals surface area contributed by atoms with Gasteiger partial charge in [0, 0.05) is 25.2 Å². The highest BCUT2D eigenvalue weighted by molar-refractivity contribution is 7.22. The van der Waals surface area contributed by atoms with Crippen molar-refractivity contribution in [3.8, 4) is 17.2 Å². The number of fused-ring (bicyclic) bond motifs is 1. The van der Waals surface area contributed by atoms with Gasteiger partial charge in [-0.05, 0) is 50.1 Å². The first kappa shape index (κ1) is 23.2. The quantitative estimate of drug-likeness (QED) is 0.414. The smallest absolute Gasteiger partial charge is 0.225 e. The van der Waals surface area contributed by atoms with Gasteiger partial charge in [-0.2, -0.15) is 10.1 Å².